The maximum Gasteiger partial charge on any atom is 0.238 e. The minimum Gasteiger partial charge on any atom is -0.324 e. The van der Waals surface area contributed by atoms with E-state index in [4.69, 9.17) is 11.6 Å². The third-order valence-electron chi connectivity index (χ3n) is 4.94. The van der Waals surface area contributed by atoms with Gasteiger partial charge in [0.2, 0.25) is 5.91 Å². The summed E-state index contributed by atoms with van der Waals surface area (Å²) in [6.45, 7) is 8.54. The molecule has 0 fully saturated rings. The number of carbonyl (C=O) groups excluding carboxylic acids is 1. The zero-order chi connectivity index (χ0) is 18.4. The van der Waals surface area contributed by atoms with Crippen molar-refractivity contribution in [2.75, 3.05) is 11.9 Å². The van der Waals surface area contributed by atoms with E-state index in [9.17, 15) is 4.79 Å². The van der Waals surface area contributed by atoms with E-state index in [0.29, 0.717) is 0 Å². The molecule has 2 aromatic carbocycles. The summed E-state index contributed by atoms with van der Waals surface area (Å²) >= 11 is 6.01. The fourth-order valence-corrected chi connectivity index (χ4v) is 3.35. The van der Waals surface area contributed by atoms with Crippen LogP contribution in [-0.2, 0) is 10.3 Å². The van der Waals surface area contributed by atoms with E-state index >= 15 is 0 Å². The minimum absolute atomic E-state index is 0.0300. The van der Waals surface area contributed by atoms with Gasteiger partial charge < -0.3 is 5.32 Å². The van der Waals surface area contributed by atoms with Gasteiger partial charge in [0.05, 0.1) is 6.54 Å². The molecule has 134 valence electrons. The van der Waals surface area contributed by atoms with Crippen molar-refractivity contribution < 1.29 is 4.79 Å². The van der Waals surface area contributed by atoms with Gasteiger partial charge in [-0.05, 0) is 55.5 Å². The lowest BCUT2D eigenvalue weighted by molar-refractivity contribution is -0.115. The van der Waals surface area contributed by atoms with Gasteiger partial charge in [-0.15, -0.1) is 0 Å². The third-order valence-corrected chi connectivity index (χ3v) is 5.19. The zero-order valence-electron chi connectivity index (χ0n) is 15.4. The van der Waals surface area contributed by atoms with E-state index < -0.39 is 0 Å². The normalized spacial score (nSPS) is 11.4. The first-order valence-corrected chi connectivity index (χ1v) is 9.16. The number of carbonyl (C=O) groups is 1. The lowest BCUT2D eigenvalue weighted by Crippen LogP contribution is -2.45. The molecule has 0 bridgehead atoms. The monoisotopic (exact) mass is 358 g/mol. The Kier molecular flexibility index (Phi) is 6.63. The molecule has 0 saturated heterocycles. The number of halogens is 1. The van der Waals surface area contributed by atoms with Gasteiger partial charge in [-0.2, -0.15) is 0 Å². The molecule has 4 heteroatoms. The van der Waals surface area contributed by atoms with Crippen molar-refractivity contribution in [3.8, 4) is 0 Å². The van der Waals surface area contributed by atoms with Crippen LogP contribution in [-0.4, -0.2) is 12.5 Å². The van der Waals surface area contributed by atoms with E-state index in [1.807, 2.05) is 56.3 Å². The first kappa shape index (κ1) is 19.5. The zero-order valence-corrected chi connectivity index (χ0v) is 16.2. The van der Waals surface area contributed by atoms with Crippen molar-refractivity contribution in [3.05, 3.63) is 64.2 Å². The van der Waals surface area contributed by atoms with Crippen LogP contribution >= 0.6 is 11.6 Å². The summed E-state index contributed by atoms with van der Waals surface area (Å²) in [6.07, 6.45) is 1.78. The quantitative estimate of drug-likeness (QED) is 0.714. The van der Waals surface area contributed by atoms with Crippen LogP contribution in [0.3, 0.4) is 0 Å². The first-order valence-electron chi connectivity index (χ1n) is 8.79. The molecule has 1 amide bonds. The molecule has 25 heavy (non-hydrogen) atoms. The van der Waals surface area contributed by atoms with Gasteiger partial charge in [0, 0.05) is 16.2 Å². The molecular weight excluding hydrogens is 332 g/mol. The van der Waals surface area contributed by atoms with Crippen LogP contribution in [0.5, 0.6) is 0 Å². The summed E-state index contributed by atoms with van der Waals surface area (Å²) in [5.41, 5.74) is 3.97. The maximum absolute atomic E-state index is 12.5. The van der Waals surface area contributed by atoms with Crippen molar-refractivity contribution in [2.45, 2.75) is 46.1 Å². The van der Waals surface area contributed by atoms with E-state index in [-0.39, 0.29) is 18.0 Å². The molecule has 2 rings (SSSR count). The van der Waals surface area contributed by atoms with Gasteiger partial charge >= 0.3 is 0 Å². The van der Waals surface area contributed by atoms with Crippen LogP contribution < -0.4 is 10.6 Å². The minimum atomic E-state index is -0.233. The second-order valence-corrected chi connectivity index (χ2v) is 6.90. The number of para-hydroxylation sites is 1. The molecular formula is C21H27ClN2O. The van der Waals surface area contributed by atoms with Crippen molar-refractivity contribution in [2.24, 2.45) is 0 Å². The van der Waals surface area contributed by atoms with Gasteiger partial charge in [0.15, 0.2) is 0 Å². The highest BCUT2D eigenvalue weighted by Gasteiger charge is 2.28. The van der Waals surface area contributed by atoms with Crippen molar-refractivity contribution in [1.29, 1.82) is 0 Å². The predicted molar refractivity (Wildman–Crippen MR) is 106 cm³/mol. The summed E-state index contributed by atoms with van der Waals surface area (Å²) in [5, 5.41) is 7.23. The Morgan fingerprint density at radius 2 is 1.56 bits per heavy atom. The van der Waals surface area contributed by atoms with Crippen molar-refractivity contribution in [3.63, 3.8) is 0 Å². The highest BCUT2D eigenvalue weighted by atomic mass is 35.5. The molecule has 0 unspecified atom stereocenters. The molecule has 0 aliphatic carbocycles. The molecule has 3 nitrogen and oxygen atoms in total. The van der Waals surface area contributed by atoms with Gasteiger partial charge in [-0.3, -0.25) is 10.1 Å². The number of rotatable bonds is 7. The van der Waals surface area contributed by atoms with Crippen LogP contribution in [0.2, 0.25) is 5.02 Å². The molecule has 2 aromatic rings. The van der Waals surface area contributed by atoms with E-state index in [1.165, 1.54) is 0 Å². The summed E-state index contributed by atoms with van der Waals surface area (Å²) in [5.74, 6) is -0.0300. The van der Waals surface area contributed by atoms with E-state index in [1.54, 1.807) is 0 Å². The summed E-state index contributed by atoms with van der Waals surface area (Å²) in [6, 6.07) is 13.9. The predicted octanol–water partition coefficient (Wildman–Crippen LogP) is 5.20. The summed E-state index contributed by atoms with van der Waals surface area (Å²) in [4.78, 5) is 12.5. The van der Waals surface area contributed by atoms with Gasteiger partial charge in [0.1, 0.15) is 0 Å². The smallest absolute Gasteiger partial charge is 0.238 e. The van der Waals surface area contributed by atoms with Crippen molar-refractivity contribution >= 4 is 23.2 Å². The SMILES string of the molecule is CCC(CC)(NCC(=O)Nc1c(C)cccc1C)c1ccc(Cl)cc1. The van der Waals surface area contributed by atoms with Gasteiger partial charge in [0.25, 0.3) is 0 Å². The second-order valence-electron chi connectivity index (χ2n) is 6.46. The Labute approximate surface area is 155 Å². The second kappa shape index (κ2) is 8.50. The molecule has 0 aliphatic heterocycles. The molecule has 0 radical (unpaired) electrons. The molecule has 0 aromatic heterocycles. The molecule has 0 atom stereocenters. The highest BCUT2D eigenvalue weighted by Crippen LogP contribution is 2.29. The van der Waals surface area contributed by atoms with Crippen molar-refractivity contribution in [1.82, 2.24) is 5.32 Å². The van der Waals surface area contributed by atoms with Gasteiger partial charge in [-0.25, -0.2) is 0 Å². The first-order chi connectivity index (χ1) is 11.9. The number of hydrogen-bond acceptors (Lipinski definition) is 2. The molecule has 0 heterocycles. The number of nitrogens with one attached hydrogen (secondary N) is 2. The van der Waals surface area contributed by atoms with Crippen LogP contribution in [0.15, 0.2) is 42.5 Å². The Morgan fingerprint density at radius 1 is 1.00 bits per heavy atom. The Bertz CT molecular complexity index is 701. The number of hydrogen-bond donors (Lipinski definition) is 2. The van der Waals surface area contributed by atoms with Crippen LogP contribution in [0, 0.1) is 13.8 Å². The van der Waals surface area contributed by atoms with Crippen LogP contribution in [0.4, 0.5) is 5.69 Å². The van der Waals surface area contributed by atoms with Gasteiger partial charge in [-0.1, -0.05) is 55.8 Å². The average molecular weight is 359 g/mol. The largest absolute Gasteiger partial charge is 0.324 e. The van der Waals surface area contributed by atoms with E-state index in [2.05, 4.69) is 24.5 Å². The highest BCUT2D eigenvalue weighted by molar-refractivity contribution is 6.30. The fraction of sp³-hybridized carbons (Fsp3) is 0.381. The lowest BCUT2D eigenvalue weighted by Gasteiger charge is -2.33. The summed E-state index contributed by atoms with van der Waals surface area (Å²) < 4.78 is 0. The lowest BCUT2D eigenvalue weighted by atomic mass is 9.84. The number of anilines is 1. The molecule has 0 spiro atoms. The Morgan fingerprint density at radius 3 is 2.08 bits per heavy atom. The molecule has 0 saturated carbocycles. The number of amides is 1. The summed E-state index contributed by atoms with van der Waals surface area (Å²) in [7, 11) is 0. The standard InChI is InChI=1S/C21H27ClN2O/c1-5-21(6-2,17-10-12-18(22)13-11-17)23-14-19(25)24-20-15(3)8-7-9-16(20)4/h7-13,23H,5-6,14H2,1-4H3,(H,24,25). The molecule has 2 N–H and O–H groups in total. The Hall–Kier alpha value is -1.84. The maximum atomic E-state index is 12.5. The number of benzene rings is 2. The number of aryl methyl sites for hydroxylation is 2. The third kappa shape index (κ3) is 4.62. The van der Waals surface area contributed by atoms with Crippen LogP contribution in [0.25, 0.3) is 0 Å². The van der Waals surface area contributed by atoms with Crippen LogP contribution in [0.1, 0.15) is 43.4 Å². The van der Waals surface area contributed by atoms with E-state index in [0.717, 1.165) is 40.2 Å². The Balaban J connectivity index is 2.10. The average Bonchev–Trinajstić information content (AvgIpc) is 2.61. The molecule has 0 aliphatic rings. The fourth-order valence-electron chi connectivity index (χ4n) is 3.22. The topological polar surface area (TPSA) is 41.1 Å².